The van der Waals surface area contributed by atoms with Crippen molar-refractivity contribution in [3.63, 3.8) is 0 Å². The summed E-state index contributed by atoms with van der Waals surface area (Å²) in [4.78, 5) is 0.160. The highest BCUT2D eigenvalue weighted by Gasteiger charge is 2.22. The van der Waals surface area contributed by atoms with Gasteiger partial charge in [-0.2, -0.15) is 0 Å². The van der Waals surface area contributed by atoms with E-state index in [9.17, 15) is 12.8 Å². The number of aryl methyl sites for hydroxylation is 1. The van der Waals surface area contributed by atoms with Gasteiger partial charge in [-0.05, 0) is 55.0 Å². The molecule has 0 saturated carbocycles. The molecule has 0 amide bonds. The molecular weight excluding hydrogens is 293 g/mol. The van der Waals surface area contributed by atoms with Gasteiger partial charge in [0, 0.05) is 7.05 Å². The summed E-state index contributed by atoms with van der Waals surface area (Å²) in [6.07, 6.45) is 0. The lowest BCUT2D eigenvalue weighted by atomic mass is 10.2. The molecule has 0 saturated heterocycles. The fourth-order valence-electron chi connectivity index (χ4n) is 1.96. The second-order valence-electron chi connectivity index (χ2n) is 4.58. The van der Waals surface area contributed by atoms with Crippen molar-refractivity contribution in [1.29, 1.82) is 0 Å². The summed E-state index contributed by atoms with van der Waals surface area (Å²) in [5, 5.41) is 0. The molecule has 0 bridgehead atoms. The first-order valence-corrected chi connectivity index (χ1v) is 7.69. The second kappa shape index (κ2) is 5.73. The van der Waals surface area contributed by atoms with Crippen molar-refractivity contribution in [3.05, 3.63) is 53.8 Å². The van der Waals surface area contributed by atoms with Gasteiger partial charge in [-0.15, -0.1) is 0 Å². The average Bonchev–Trinajstić information content (AvgIpc) is 2.47. The number of methoxy groups -OCH3 is 1. The Balaban J connectivity index is 2.41. The first-order chi connectivity index (χ1) is 9.86. The second-order valence-corrected chi connectivity index (χ2v) is 6.55. The number of ether oxygens (including phenoxy) is 1. The molecule has 0 heterocycles. The minimum Gasteiger partial charge on any atom is -0.496 e. The van der Waals surface area contributed by atoms with Gasteiger partial charge >= 0.3 is 0 Å². The molecule has 21 heavy (non-hydrogen) atoms. The lowest BCUT2D eigenvalue weighted by molar-refractivity contribution is 0.411. The molecule has 2 aromatic carbocycles. The maximum atomic E-state index is 12.9. The lowest BCUT2D eigenvalue weighted by Crippen LogP contribution is -2.26. The van der Waals surface area contributed by atoms with Gasteiger partial charge < -0.3 is 4.74 Å². The van der Waals surface area contributed by atoms with Crippen LogP contribution in [-0.4, -0.2) is 22.6 Å². The number of rotatable bonds is 4. The van der Waals surface area contributed by atoms with Crippen LogP contribution in [0.4, 0.5) is 10.1 Å². The Morgan fingerprint density at radius 3 is 2.24 bits per heavy atom. The van der Waals surface area contributed by atoms with Gasteiger partial charge in [0.15, 0.2) is 0 Å². The Bertz CT molecular complexity index is 742. The van der Waals surface area contributed by atoms with E-state index in [0.717, 1.165) is 9.87 Å². The molecule has 0 aliphatic rings. The molecular formula is C15H16FNO3S. The molecule has 2 aromatic rings. The molecule has 0 aromatic heterocycles. The first-order valence-electron chi connectivity index (χ1n) is 6.25. The number of hydrogen-bond donors (Lipinski definition) is 0. The molecule has 0 unspecified atom stereocenters. The van der Waals surface area contributed by atoms with Crippen LogP contribution in [0.1, 0.15) is 5.56 Å². The van der Waals surface area contributed by atoms with Crippen LogP contribution in [0.5, 0.6) is 5.75 Å². The smallest absolute Gasteiger partial charge is 0.264 e. The highest BCUT2D eigenvalue weighted by Crippen LogP contribution is 2.26. The first kappa shape index (κ1) is 15.3. The molecule has 0 spiro atoms. The van der Waals surface area contributed by atoms with Crippen molar-refractivity contribution in [2.24, 2.45) is 0 Å². The van der Waals surface area contributed by atoms with E-state index >= 15 is 0 Å². The van der Waals surface area contributed by atoms with Gasteiger partial charge in [0.05, 0.1) is 17.7 Å². The van der Waals surface area contributed by atoms with Gasteiger partial charge in [0.25, 0.3) is 10.0 Å². The van der Waals surface area contributed by atoms with E-state index < -0.39 is 15.8 Å². The predicted molar refractivity (Wildman–Crippen MR) is 79.7 cm³/mol. The predicted octanol–water partition coefficient (Wildman–Crippen LogP) is 2.97. The van der Waals surface area contributed by atoms with E-state index in [2.05, 4.69) is 0 Å². The third-order valence-electron chi connectivity index (χ3n) is 3.21. The zero-order chi connectivity index (χ0) is 15.6. The zero-order valence-corrected chi connectivity index (χ0v) is 12.8. The van der Waals surface area contributed by atoms with Crippen molar-refractivity contribution in [3.8, 4) is 5.75 Å². The molecule has 0 aliphatic heterocycles. The summed E-state index contributed by atoms with van der Waals surface area (Å²) >= 11 is 0. The molecule has 2 rings (SSSR count). The van der Waals surface area contributed by atoms with Crippen LogP contribution in [0.2, 0.25) is 0 Å². The fourth-order valence-corrected chi connectivity index (χ4v) is 3.24. The Kier molecular flexibility index (Phi) is 4.18. The molecule has 4 nitrogen and oxygen atoms in total. The molecule has 112 valence electrons. The third kappa shape index (κ3) is 3.00. The third-order valence-corrected chi connectivity index (χ3v) is 5.00. The van der Waals surface area contributed by atoms with Crippen molar-refractivity contribution in [1.82, 2.24) is 0 Å². The van der Waals surface area contributed by atoms with E-state index in [1.54, 1.807) is 19.1 Å². The number of sulfonamides is 1. The molecule has 0 fully saturated rings. The zero-order valence-electron chi connectivity index (χ0n) is 12.0. The summed E-state index contributed by atoms with van der Waals surface area (Å²) in [5.41, 5.74) is 1.12. The minimum atomic E-state index is -3.70. The average molecular weight is 309 g/mol. The number of nitrogens with zero attached hydrogens (tertiary/aromatic N) is 1. The van der Waals surface area contributed by atoms with E-state index in [1.165, 1.54) is 44.5 Å². The van der Waals surface area contributed by atoms with Crippen LogP contribution < -0.4 is 9.04 Å². The van der Waals surface area contributed by atoms with Crippen LogP contribution in [-0.2, 0) is 10.0 Å². The lowest BCUT2D eigenvalue weighted by Gasteiger charge is -2.20. The van der Waals surface area contributed by atoms with Crippen LogP contribution in [0.15, 0.2) is 47.4 Å². The summed E-state index contributed by atoms with van der Waals surface area (Å²) in [6.45, 7) is 1.77. The van der Waals surface area contributed by atoms with Gasteiger partial charge in [-0.3, -0.25) is 4.31 Å². The van der Waals surface area contributed by atoms with Crippen molar-refractivity contribution >= 4 is 15.7 Å². The van der Waals surface area contributed by atoms with E-state index in [0.29, 0.717) is 11.4 Å². The van der Waals surface area contributed by atoms with Crippen LogP contribution in [0, 0.1) is 12.7 Å². The van der Waals surface area contributed by atoms with E-state index in [-0.39, 0.29) is 4.90 Å². The standard InChI is InChI=1S/C15H16FNO3S/c1-11-10-14(8-9-15(11)20-3)21(18,19)17(2)13-6-4-12(16)5-7-13/h4-10H,1-3H3. The van der Waals surface area contributed by atoms with Gasteiger partial charge in [-0.1, -0.05) is 0 Å². The van der Waals surface area contributed by atoms with Gasteiger partial charge in [0.2, 0.25) is 0 Å². The van der Waals surface area contributed by atoms with Crippen molar-refractivity contribution < 1.29 is 17.5 Å². The van der Waals surface area contributed by atoms with Gasteiger partial charge in [0.1, 0.15) is 11.6 Å². The SMILES string of the molecule is COc1ccc(S(=O)(=O)N(C)c2ccc(F)cc2)cc1C. The molecule has 0 aliphatic carbocycles. The Hall–Kier alpha value is -2.08. The van der Waals surface area contributed by atoms with Crippen LogP contribution in [0.25, 0.3) is 0 Å². The summed E-state index contributed by atoms with van der Waals surface area (Å²) in [6, 6.07) is 9.93. The molecule has 6 heteroatoms. The Morgan fingerprint density at radius 1 is 1.10 bits per heavy atom. The minimum absolute atomic E-state index is 0.160. The highest BCUT2D eigenvalue weighted by atomic mass is 32.2. The topological polar surface area (TPSA) is 46.6 Å². The molecule has 0 N–H and O–H groups in total. The van der Waals surface area contributed by atoms with Crippen molar-refractivity contribution in [2.45, 2.75) is 11.8 Å². The number of anilines is 1. The number of benzene rings is 2. The van der Waals surface area contributed by atoms with Gasteiger partial charge in [-0.25, -0.2) is 12.8 Å². The maximum absolute atomic E-state index is 12.9. The maximum Gasteiger partial charge on any atom is 0.264 e. The normalized spacial score (nSPS) is 11.2. The fraction of sp³-hybridized carbons (Fsp3) is 0.200. The number of halogens is 1. The van der Waals surface area contributed by atoms with Crippen LogP contribution in [0.3, 0.4) is 0 Å². The quantitative estimate of drug-likeness (QED) is 0.872. The highest BCUT2D eigenvalue weighted by molar-refractivity contribution is 7.92. The summed E-state index contributed by atoms with van der Waals surface area (Å²) in [7, 11) is -0.735. The van der Waals surface area contributed by atoms with E-state index in [4.69, 9.17) is 4.74 Å². The van der Waals surface area contributed by atoms with Crippen LogP contribution >= 0.6 is 0 Å². The summed E-state index contributed by atoms with van der Waals surface area (Å²) in [5.74, 6) is 0.211. The Morgan fingerprint density at radius 2 is 1.71 bits per heavy atom. The monoisotopic (exact) mass is 309 g/mol. The molecule has 0 atom stereocenters. The van der Waals surface area contributed by atoms with Crippen molar-refractivity contribution in [2.75, 3.05) is 18.5 Å². The largest absolute Gasteiger partial charge is 0.496 e. The van der Waals surface area contributed by atoms with E-state index in [1.807, 2.05) is 0 Å². The number of hydrogen-bond acceptors (Lipinski definition) is 3. The Labute approximate surface area is 123 Å². The summed E-state index contributed by atoms with van der Waals surface area (Å²) < 4.78 is 44.3. The molecule has 0 radical (unpaired) electrons.